The van der Waals surface area contributed by atoms with Crippen molar-refractivity contribution >= 4 is 0 Å². The highest BCUT2D eigenvalue weighted by atomic mass is 16.5. The normalized spacial score (nSPS) is 12.7. The van der Waals surface area contributed by atoms with Gasteiger partial charge in [-0.05, 0) is 17.5 Å². The number of imidazole rings is 1. The Morgan fingerprint density at radius 3 is 2.85 bits per heavy atom. The topological polar surface area (TPSA) is 66.0 Å². The first-order valence-corrected chi connectivity index (χ1v) is 6.84. The molecular weight excluding hydrogens is 252 g/mol. The average molecular weight is 274 g/mol. The van der Waals surface area contributed by atoms with Crippen molar-refractivity contribution in [2.75, 3.05) is 13.7 Å². The molecule has 0 amide bonds. The Balaban J connectivity index is 2.23. The fraction of sp³-hybridized carbons (Fsp3) is 0.467. The van der Waals surface area contributed by atoms with Crippen LogP contribution in [-0.2, 0) is 6.54 Å². The summed E-state index contributed by atoms with van der Waals surface area (Å²) in [6.45, 7) is 5.75. The van der Waals surface area contributed by atoms with Crippen LogP contribution in [0.2, 0.25) is 0 Å². The fourth-order valence-electron chi connectivity index (χ4n) is 2.36. The van der Waals surface area contributed by atoms with Crippen molar-refractivity contribution in [3.63, 3.8) is 0 Å². The predicted octanol–water partition coefficient (Wildman–Crippen LogP) is 2.03. The summed E-state index contributed by atoms with van der Waals surface area (Å²) in [5, 5.41) is 0. The number of pyridine rings is 1. The minimum absolute atomic E-state index is 0.321. The van der Waals surface area contributed by atoms with E-state index in [4.69, 9.17) is 10.5 Å². The van der Waals surface area contributed by atoms with Gasteiger partial charge in [-0.25, -0.2) is 9.97 Å². The second-order valence-electron chi connectivity index (χ2n) is 5.24. The third-order valence-electron chi connectivity index (χ3n) is 3.54. The molecule has 0 radical (unpaired) electrons. The first-order valence-electron chi connectivity index (χ1n) is 6.84. The molecule has 0 aromatic carbocycles. The standard InChI is InChI=1S/C15H22N4O/c1-11(2)13(7-16)14-8-17-10-19(14)9-12-4-5-18-15(6-12)20-3/h4-6,8,10-11,13H,7,9,16H2,1-3H3. The minimum Gasteiger partial charge on any atom is -0.481 e. The molecule has 0 bridgehead atoms. The maximum absolute atomic E-state index is 5.90. The van der Waals surface area contributed by atoms with E-state index >= 15 is 0 Å². The SMILES string of the molecule is COc1cc(Cn2cncc2C(CN)C(C)C)ccn1. The van der Waals surface area contributed by atoms with Crippen molar-refractivity contribution in [1.29, 1.82) is 0 Å². The number of hydrogen-bond donors (Lipinski definition) is 1. The maximum Gasteiger partial charge on any atom is 0.213 e. The molecule has 2 aromatic rings. The van der Waals surface area contributed by atoms with E-state index in [1.807, 2.05) is 24.7 Å². The molecule has 1 unspecified atom stereocenters. The summed E-state index contributed by atoms with van der Waals surface area (Å²) in [5.74, 6) is 1.44. The molecular formula is C15H22N4O. The number of ether oxygens (including phenoxy) is 1. The highest BCUT2D eigenvalue weighted by molar-refractivity contribution is 5.22. The first-order chi connectivity index (χ1) is 9.65. The van der Waals surface area contributed by atoms with E-state index < -0.39 is 0 Å². The second-order valence-corrected chi connectivity index (χ2v) is 5.24. The van der Waals surface area contributed by atoms with Crippen molar-refractivity contribution in [3.05, 3.63) is 42.1 Å². The van der Waals surface area contributed by atoms with E-state index in [0.717, 1.165) is 12.1 Å². The van der Waals surface area contributed by atoms with Crippen molar-refractivity contribution < 1.29 is 4.74 Å². The van der Waals surface area contributed by atoms with Crippen LogP contribution in [0.15, 0.2) is 30.9 Å². The summed E-state index contributed by atoms with van der Waals surface area (Å²) in [6.07, 6.45) is 5.52. The molecule has 0 fully saturated rings. The number of aromatic nitrogens is 3. The Morgan fingerprint density at radius 2 is 2.20 bits per heavy atom. The predicted molar refractivity (Wildman–Crippen MR) is 78.8 cm³/mol. The summed E-state index contributed by atoms with van der Waals surface area (Å²) in [7, 11) is 1.62. The van der Waals surface area contributed by atoms with Crippen LogP contribution in [-0.4, -0.2) is 28.2 Å². The van der Waals surface area contributed by atoms with Crippen LogP contribution in [0.4, 0.5) is 0 Å². The summed E-state index contributed by atoms with van der Waals surface area (Å²) in [4.78, 5) is 8.39. The number of methoxy groups -OCH3 is 1. The van der Waals surface area contributed by atoms with E-state index in [1.165, 1.54) is 5.69 Å². The zero-order valence-electron chi connectivity index (χ0n) is 12.3. The Morgan fingerprint density at radius 1 is 1.40 bits per heavy atom. The van der Waals surface area contributed by atoms with E-state index in [1.54, 1.807) is 13.3 Å². The van der Waals surface area contributed by atoms with Crippen LogP contribution >= 0.6 is 0 Å². The molecule has 0 saturated carbocycles. The van der Waals surface area contributed by atoms with Gasteiger partial charge in [0.25, 0.3) is 0 Å². The number of hydrogen-bond acceptors (Lipinski definition) is 4. The van der Waals surface area contributed by atoms with Crippen LogP contribution in [0.5, 0.6) is 5.88 Å². The Hall–Kier alpha value is -1.88. The maximum atomic E-state index is 5.90. The molecule has 20 heavy (non-hydrogen) atoms. The van der Waals surface area contributed by atoms with E-state index in [2.05, 4.69) is 28.4 Å². The van der Waals surface area contributed by atoms with Gasteiger partial charge in [0.15, 0.2) is 0 Å². The Kier molecular flexibility index (Phi) is 4.74. The van der Waals surface area contributed by atoms with Gasteiger partial charge in [-0.1, -0.05) is 13.8 Å². The molecule has 0 aliphatic heterocycles. The first kappa shape index (κ1) is 14.5. The Labute approximate surface area is 119 Å². The zero-order chi connectivity index (χ0) is 14.5. The largest absolute Gasteiger partial charge is 0.481 e. The minimum atomic E-state index is 0.321. The molecule has 2 heterocycles. The number of rotatable bonds is 6. The van der Waals surface area contributed by atoms with Crippen LogP contribution in [0.3, 0.4) is 0 Å². The second kappa shape index (κ2) is 6.52. The lowest BCUT2D eigenvalue weighted by atomic mass is 9.93. The molecule has 0 aliphatic carbocycles. The molecule has 5 heteroatoms. The van der Waals surface area contributed by atoms with Crippen molar-refractivity contribution in [3.8, 4) is 5.88 Å². The van der Waals surface area contributed by atoms with Gasteiger partial charge in [-0.2, -0.15) is 0 Å². The summed E-state index contributed by atoms with van der Waals surface area (Å²) < 4.78 is 7.30. The lowest BCUT2D eigenvalue weighted by Gasteiger charge is -2.20. The number of nitrogens with two attached hydrogens (primary N) is 1. The van der Waals surface area contributed by atoms with Crippen LogP contribution in [0.25, 0.3) is 0 Å². The van der Waals surface area contributed by atoms with Crippen LogP contribution < -0.4 is 10.5 Å². The third kappa shape index (κ3) is 3.17. The molecule has 2 aromatic heterocycles. The van der Waals surface area contributed by atoms with Gasteiger partial charge < -0.3 is 15.0 Å². The quantitative estimate of drug-likeness (QED) is 0.875. The van der Waals surface area contributed by atoms with Crippen molar-refractivity contribution in [2.24, 2.45) is 11.7 Å². The lowest BCUT2D eigenvalue weighted by molar-refractivity contribution is 0.397. The van der Waals surface area contributed by atoms with Crippen molar-refractivity contribution in [2.45, 2.75) is 26.3 Å². The number of nitrogens with zero attached hydrogens (tertiary/aromatic N) is 3. The molecule has 0 aliphatic rings. The van der Waals surface area contributed by atoms with E-state index in [0.29, 0.717) is 24.3 Å². The molecule has 0 spiro atoms. The monoisotopic (exact) mass is 274 g/mol. The average Bonchev–Trinajstić information content (AvgIpc) is 2.87. The summed E-state index contributed by atoms with van der Waals surface area (Å²) in [5.41, 5.74) is 8.22. The Bertz CT molecular complexity index is 550. The zero-order valence-corrected chi connectivity index (χ0v) is 12.3. The summed E-state index contributed by atoms with van der Waals surface area (Å²) >= 11 is 0. The fourth-order valence-corrected chi connectivity index (χ4v) is 2.36. The van der Waals surface area contributed by atoms with Gasteiger partial charge in [0, 0.05) is 43.2 Å². The smallest absolute Gasteiger partial charge is 0.213 e. The van der Waals surface area contributed by atoms with Gasteiger partial charge in [0.2, 0.25) is 5.88 Å². The molecule has 1 atom stereocenters. The van der Waals surface area contributed by atoms with Crippen molar-refractivity contribution in [1.82, 2.24) is 14.5 Å². The molecule has 0 saturated heterocycles. The highest BCUT2D eigenvalue weighted by Gasteiger charge is 2.18. The van der Waals surface area contributed by atoms with Gasteiger partial charge in [0.1, 0.15) is 0 Å². The molecule has 2 N–H and O–H groups in total. The van der Waals surface area contributed by atoms with E-state index in [-0.39, 0.29) is 0 Å². The molecule has 5 nitrogen and oxygen atoms in total. The summed E-state index contributed by atoms with van der Waals surface area (Å²) in [6, 6.07) is 3.93. The lowest BCUT2D eigenvalue weighted by Crippen LogP contribution is -2.21. The van der Waals surface area contributed by atoms with Crippen LogP contribution in [0.1, 0.15) is 31.0 Å². The van der Waals surface area contributed by atoms with E-state index in [9.17, 15) is 0 Å². The third-order valence-corrected chi connectivity index (χ3v) is 3.54. The molecule has 108 valence electrons. The van der Waals surface area contributed by atoms with Gasteiger partial charge >= 0.3 is 0 Å². The van der Waals surface area contributed by atoms with Gasteiger partial charge in [-0.3, -0.25) is 0 Å². The van der Waals surface area contributed by atoms with Gasteiger partial charge in [0.05, 0.1) is 13.4 Å². The highest BCUT2D eigenvalue weighted by Crippen LogP contribution is 2.23. The molecule has 2 rings (SSSR count). The van der Waals surface area contributed by atoms with Gasteiger partial charge in [-0.15, -0.1) is 0 Å². The van der Waals surface area contributed by atoms with Crippen LogP contribution in [0, 0.1) is 5.92 Å².